The Bertz CT molecular complexity index is 470. The molecule has 1 aromatic carbocycles. The Hall–Kier alpha value is -1.71. The van der Waals surface area contributed by atoms with Crippen LogP contribution in [0, 0.1) is 5.82 Å². The summed E-state index contributed by atoms with van der Waals surface area (Å²) in [5, 5.41) is 0. The largest absolute Gasteiger partial charge is 0.305 e. The highest BCUT2D eigenvalue weighted by molar-refractivity contribution is 6.01. The van der Waals surface area contributed by atoms with Crippen LogP contribution in [0.25, 0.3) is 0 Å². The van der Waals surface area contributed by atoms with E-state index in [1.54, 1.807) is 13.0 Å². The Morgan fingerprint density at radius 2 is 2.18 bits per heavy atom. The number of nitrogens with zero attached hydrogens (tertiary/aromatic N) is 1. The van der Waals surface area contributed by atoms with Gasteiger partial charge in [0.25, 0.3) is 0 Å². The summed E-state index contributed by atoms with van der Waals surface area (Å²) in [7, 11) is 0. The second kappa shape index (κ2) is 4.65. The molecule has 0 spiro atoms. The number of aryl methyl sites for hydroxylation is 1. The molecule has 4 heteroatoms. The van der Waals surface area contributed by atoms with E-state index in [2.05, 4.69) is 0 Å². The third kappa shape index (κ3) is 2.35. The van der Waals surface area contributed by atoms with Crippen molar-refractivity contribution in [3.05, 3.63) is 29.6 Å². The van der Waals surface area contributed by atoms with Crippen LogP contribution in [-0.2, 0) is 16.0 Å². The number of benzene rings is 1. The summed E-state index contributed by atoms with van der Waals surface area (Å²) < 4.78 is 13.1. The second-order valence-corrected chi connectivity index (χ2v) is 4.15. The van der Waals surface area contributed by atoms with E-state index >= 15 is 0 Å². The van der Waals surface area contributed by atoms with Gasteiger partial charge in [-0.2, -0.15) is 0 Å². The number of hydrogen-bond donors (Lipinski definition) is 0. The molecule has 0 aliphatic carbocycles. The van der Waals surface area contributed by atoms with Crippen molar-refractivity contribution >= 4 is 17.4 Å². The molecule has 90 valence electrons. The van der Waals surface area contributed by atoms with Crippen molar-refractivity contribution in [2.24, 2.45) is 0 Å². The molecule has 1 aliphatic rings. The fourth-order valence-corrected chi connectivity index (χ4v) is 1.99. The maximum atomic E-state index is 13.1. The van der Waals surface area contributed by atoms with Gasteiger partial charge < -0.3 is 4.90 Å². The van der Waals surface area contributed by atoms with Gasteiger partial charge in [0.15, 0.2) is 5.78 Å². The van der Waals surface area contributed by atoms with Crippen LogP contribution >= 0.6 is 0 Å². The number of anilines is 1. The third-order valence-electron chi connectivity index (χ3n) is 2.97. The molecule has 17 heavy (non-hydrogen) atoms. The van der Waals surface area contributed by atoms with Crippen molar-refractivity contribution in [2.45, 2.75) is 26.2 Å². The summed E-state index contributed by atoms with van der Waals surface area (Å²) in [6.07, 6.45) is 1.29. The quantitative estimate of drug-likeness (QED) is 0.804. The van der Waals surface area contributed by atoms with Gasteiger partial charge in [-0.15, -0.1) is 0 Å². The predicted octanol–water partition coefficient (Wildman–Crippen LogP) is 2.08. The number of carbonyl (C=O) groups is 2. The fraction of sp³-hybridized carbons (Fsp3) is 0.385. The monoisotopic (exact) mass is 235 g/mol. The SMILES string of the molecule is CCC(=O)CN1C(=O)CCc2cc(F)ccc21. The van der Waals surface area contributed by atoms with Gasteiger partial charge in [0.2, 0.25) is 5.91 Å². The Balaban J connectivity index is 2.33. The summed E-state index contributed by atoms with van der Waals surface area (Å²) in [6, 6.07) is 4.33. The number of carbonyl (C=O) groups excluding carboxylic acids is 2. The van der Waals surface area contributed by atoms with Crippen LogP contribution in [0.2, 0.25) is 0 Å². The molecule has 1 amide bonds. The molecule has 0 bridgehead atoms. The van der Waals surface area contributed by atoms with E-state index in [1.807, 2.05) is 0 Å². The highest BCUT2D eigenvalue weighted by atomic mass is 19.1. The number of fused-ring (bicyclic) bond motifs is 1. The van der Waals surface area contributed by atoms with Gasteiger partial charge in [0.05, 0.1) is 6.54 Å². The molecule has 2 rings (SSSR count). The standard InChI is InChI=1S/C13H14FNO2/c1-2-11(16)8-15-12-5-4-10(14)7-9(12)3-6-13(15)17/h4-5,7H,2-3,6,8H2,1H3. The van der Waals surface area contributed by atoms with Crippen molar-refractivity contribution in [1.82, 2.24) is 0 Å². The Morgan fingerprint density at radius 1 is 1.41 bits per heavy atom. The van der Waals surface area contributed by atoms with E-state index in [1.165, 1.54) is 17.0 Å². The summed E-state index contributed by atoms with van der Waals surface area (Å²) in [6.45, 7) is 1.86. The lowest BCUT2D eigenvalue weighted by Gasteiger charge is -2.28. The molecule has 0 N–H and O–H groups in total. The summed E-state index contributed by atoms with van der Waals surface area (Å²) in [5.41, 5.74) is 1.47. The maximum Gasteiger partial charge on any atom is 0.227 e. The molecule has 0 fully saturated rings. The molecular weight excluding hydrogens is 221 g/mol. The van der Waals surface area contributed by atoms with E-state index < -0.39 is 0 Å². The number of Topliss-reactive ketones (excluding diaryl/α,β-unsaturated/α-hetero) is 1. The lowest BCUT2D eigenvalue weighted by atomic mass is 10.0. The lowest BCUT2D eigenvalue weighted by molar-refractivity contribution is -0.122. The normalized spacial score (nSPS) is 14.7. The average Bonchev–Trinajstić information content (AvgIpc) is 2.32. The minimum absolute atomic E-state index is 0.00975. The molecule has 0 saturated heterocycles. The third-order valence-corrected chi connectivity index (χ3v) is 2.97. The smallest absolute Gasteiger partial charge is 0.227 e. The van der Waals surface area contributed by atoms with E-state index in [4.69, 9.17) is 0 Å². The minimum atomic E-state index is -0.306. The lowest BCUT2D eigenvalue weighted by Crippen LogP contribution is -2.38. The number of ketones is 1. The Morgan fingerprint density at radius 3 is 2.88 bits per heavy atom. The first-order valence-corrected chi connectivity index (χ1v) is 5.72. The van der Waals surface area contributed by atoms with Crippen LogP contribution in [0.1, 0.15) is 25.3 Å². The van der Waals surface area contributed by atoms with Crippen LogP contribution < -0.4 is 4.90 Å². The van der Waals surface area contributed by atoms with Crippen molar-refractivity contribution in [3.63, 3.8) is 0 Å². The molecule has 0 atom stereocenters. The summed E-state index contributed by atoms with van der Waals surface area (Å²) >= 11 is 0. The predicted molar refractivity (Wildman–Crippen MR) is 62.4 cm³/mol. The van der Waals surface area contributed by atoms with Gasteiger partial charge >= 0.3 is 0 Å². The van der Waals surface area contributed by atoms with Gasteiger partial charge in [-0.1, -0.05) is 6.92 Å². The topological polar surface area (TPSA) is 37.4 Å². The van der Waals surface area contributed by atoms with Crippen molar-refractivity contribution < 1.29 is 14.0 Å². The molecule has 0 radical (unpaired) electrons. The highest BCUT2D eigenvalue weighted by Crippen LogP contribution is 2.28. The number of amides is 1. The van der Waals surface area contributed by atoms with Crippen LogP contribution in [0.15, 0.2) is 18.2 Å². The van der Waals surface area contributed by atoms with Crippen molar-refractivity contribution in [3.8, 4) is 0 Å². The van der Waals surface area contributed by atoms with Crippen molar-refractivity contribution in [1.29, 1.82) is 0 Å². The van der Waals surface area contributed by atoms with E-state index in [9.17, 15) is 14.0 Å². The maximum absolute atomic E-state index is 13.1. The molecular formula is C13H14FNO2. The first kappa shape index (κ1) is 11.8. The first-order chi connectivity index (χ1) is 8.11. The van der Waals surface area contributed by atoms with Crippen LogP contribution in [0.5, 0.6) is 0 Å². The van der Waals surface area contributed by atoms with Gasteiger partial charge in [-0.05, 0) is 30.2 Å². The van der Waals surface area contributed by atoms with E-state index in [-0.39, 0.29) is 24.1 Å². The minimum Gasteiger partial charge on any atom is -0.305 e. The van der Waals surface area contributed by atoms with Crippen LogP contribution in [0.3, 0.4) is 0 Å². The molecule has 1 heterocycles. The van der Waals surface area contributed by atoms with Gasteiger partial charge in [0, 0.05) is 18.5 Å². The fourth-order valence-electron chi connectivity index (χ4n) is 1.99. The molecule has 0 saturated carbocycles. The first-order valence-electron chi connectivity index (χ1n) is 5.72. The zero-order chi connectivity index (χ0) is 12.4. The summed E-state index contributed by atoms with van der Waals surface area (Å²) in [4.78, 5) is 24.7. The molecule has 1 aromatic rings. The van der Waals surface area contributed by atoms with Gasteiger partial charge in [-0.3, -0.25) is 9.59 Å². The Labute approximate surface area is 99.2 Å². The van der Waals surface area contributed by atoms with Crippen LogP contribution in [-0.4, -0.2) is 18.2 Å². The van der Waals surface area contributed by atoms with Crippen LogP contribution in [0.4, 0.5) is 10.1 Å². The zero-order valence-electron chi connectivity index (χ0n) is 9.70. The average molecular weight is 235 g/mol. The zero-order valence-corrected chi connectivity index (χ0v) is 9.70. The second-order valence-electron chi connectivity index (χ2n) is 4.15. The van der Waals surface area contributed by atoms with E-state index in [0.717, 1.165) is 5.56 Å². The number of rotatable bonds is 3. The van der Waals surface area contributed by atoms with Crippen molar-refractivity contribution in [2.75, 3.05) is 11.4 Å². The molecule has 0 unspecified atom stereocenters. The molecule has 3 nitrogen and oxygen atoms in total. The van der Waals surface area contributed by atoms with Gasteiger partial charge in [0.1, 0.15) is 5.82 Å². The summed E-state index contributed by atoms with van der Waals surface area (Å²) in [5.74, 6) is -0.360. The number of hydrogen-bond acceptors (Lipinski definition) is 2. The number of halogens is 1. The molecule has 1 aliphatic heterocycles. The van der Waals surface area contributed by atoms with E-state index in [0.29, 0.717) is 24.9 Å². The Kier molecular flexibility index (Phi) is 3.22. The van der Waals surface area contributed by atoms with Gasteiger partial charge in [-0.25, -0.2) is 4.39 Å². The molecule has 0 aromatic heterocycles. The highest BCUT2D eigenvalue weighted by Gasteiger charge is 2.25.